The number of hydrogen-bond donors (Lipinski definition) is 4. The number of amides is 3. The van der Waals surface area contributed by atoms with E-state index in [1.165, 1.54) is 25.1 Å². The number of ether oxygens (including phenoxy) is 2. The van der Waals surface area contributed by atoms with Crippen LogP contribution in [0.25, 0.3) is 10.9 Å². The van der Waals surface area contributed by atoms with E-state index in [1.54, 1.807) is 12.1 Å². The van der Waals surface area contributed by atoms with E-state index in [0.717, 1.165) is 11.1 Å². The van der Waals surface area contributed by atoms with Crippen molar-refractivity contribution in [2.45, 2.75) is 32.3 Å². The summed E-state index contributed by atoms with van der Waals surface area (Å²) >= 11 is 0. The van der Waals surface area contributed by atoms with Gasteiger partial charge < -0.3 is 30.3 Å². The molecule has 5 N–H and O–H groups in total. The number of carbonyl (C=O) groups is 3. The Hall–Kier alpha value is -5.23. The molecule has 1 heterocycles. The van der Waals surface area contributed by atoms with E-state index < -0.39 is 35.9 Å². The van der Waals surface area contributed by atoms with Crippen LogP contribution < -0.4 is 27.3 Å². The molecular formula is C28H27N5O7. The van der Waals surface area contributed by atoms with Gasteiger partial charge in [0.2, 0.25) is 11.8 Å². The van der Waals surface area contributed by atoms with Gasteiger partial charge in [-0.05, 0) is 36.2 Å². The molecule has 0 aliphatic carbocycles. The quantitative estimate of drug-likeness (QED) is 0.230. The number of alkyl carbamates (subject to hydrolysis) is 2. The van der Waals surface area contributed by atoms with Crippen LogP contribution in [0.15, 0.2) is 88.1 Å². The van der Waals surface area contributed by atoms with E-state index >= 15 is 0 Å². The number of carbonyl (C=O) groups excluding carboxylic acids is 3. The number of nitrogens with two attached hydrogens (primary N) is 1. The molecule has 3 aromatic carbocycles. The van der Waals surface area contributed by atoms with E-state index in [2.05, 4.69) is 20.9 Å². The lowest BCUT2D eigenvalue weighted by atomic mass is 10.2. The summed E-state index contributed by atoms with van der Waals surface area (Å²) in [6.07, 6.45) is -2.85. The zero-order chi connectivity index (χ0) is 28.5. The minimum absolute atomic E-state index is 0.0234. The molecule has 0 aliphatic heterocycles. The van der Waals surface area contributed by atoms with Crippen molar-refractivity contribution in [3.05, 3.63) is 106 Å². The number of nitrogens with zero attached hydrogens (tertiary/aromatic N) is 1. The van der Waals surface area contributed by atoms with Gasteiger partial charge in [0.15, 0.2) is 6.17 Å². The van der Waals surface area contributed by atoms with Crippen molar-refractivity contribution in [3.63, 3.8) is 0 Å². The fraction of sp³-hybridized carbons (Fsp3) is 0.179. The fourth-order valence-electron chi connectivity index (χ4n) is 3.51. The minimum atomic E-state index is -1.27. The lowest BCUT2D eigenvalue weighted by molar-refractivity contribution is -0.117. The van der Waals surface area contributed by atoms with Crippen LogP contribution >= 0.6 is 0 Å². The molecule has 0 bridgehead atoms. The van der Waals surface area contributed by atoms with Gasteiger partial charge >= 0.3 is 17.8 Å². The summed E-state index contributed by atoms with van der Waals surface area (Å²) in [5.74, 6) is -0.785. The van der Waals surface area contributed by atoms with Gasteiger partial charge in [-0.1, -0.05) is 60.7 Å². The van der Waals surface area contributed by atoms with E-state index in [1.807, 2.05) is 48.5 Å². The molecule has 4 rings (SSSR count). The Morgan fingerprint density at radius 1 is 0.875 bits per heavy atom. The summed E-state index contributed by atoms with van der Waals surface area (Å²) in [6, 6.07) is 21.6. The third-order valence-corrected chi connectivity index (χ3v) is 5.61. The Labute approximate surface area is 228 Å². The number of hydrogen-bond acceptors (Lipinski definition) is 9. The highest BCUT2D eigenvalue weighted by molar-refractivity contribution is 5.97. The van der Waals surface area contributed by atoms with Crippen LogP contribution in [0.1, 0.15) is 30.1 Å². The molecule has 2 atom stereocenters. The first-order valence-corrected chi connectivity index (χ1v) is 12.2. The smallest absolute Gasteiger partial charge is 0.409 e. The van der Waals surface area contributed by atoms with Gasteiger partial charge in [-0.3, -0.25) is 10.1 Å². The Bertz CT molecular complexity index is 1540. The Kier molecular flexibility index (Phi) is 9.05. The Balaban J connectivity index is 1.35. The number of aromatic nitrogens is 1. The third-order valence-electron chi connectivity index (χ3n) is 5.61. The summed E-state index contributed by atoms with van der Waals surface area (Å²) in [5, 5.41) is 7.59. The molecule has 0 spiro atoms. The summed E-state index contributed by atoms with van der Waals surface area (Å²) in [4.78, 5) is 53.5. The normalized spacial score (nSPS) is 12.2. The molecule has 2 unspecified atom stereocenters. The second-order valence-electron chi connectivity index (χ2n) is 8.67. The Morgan fingerprint density at radius 3 is 2.05 bits per heavy atom. The second kappa shape index (κ2) is 13.0. The molecule has 0 saturated heterocycles. The van der Waals surface area contributed by atoms with Crippen LogP contribution in [-0.2, 0) is 27.5 Å². The highest BCUT2D eigenvalue weighted by atomic mass is 16.6. The number of fused-ring (bicyclic) bond motifs is 1. The monoisotopic (exact) mass is 545 g/mol. The first kappa shape index (κ1) is 27.8. The van der Waals surface area contributed by atoms with Gasteiger partial charge in [0.05, 0.1) is 10.9 Å². The van der Waals surface area contributed by atoms with Gasteiger partial charge in [0, 0.05) is 5.69 Å². The lowest BCUT2D eigenvalue weighted by Gasteiger charge is -2.15. The van der Waals surface area contributed by atoms with Crippen molar-refractivity contribution < 1.29 is 28.3 Å². The number of nitrogens with one attached hydrogen (secondary N) is 3. The van der Waals surface area contributed by atoms with Gasteiger partial charge in [-0.2, -0.15) is 0 Å². The summed E-state index contributed by atoms with van der Waals surface area (Å²) < 4.78 is 15.4. The number of benzene rings is 3. The second-order valence-corrected chi connectivity index (χ2v) is 8.67. The molecular weight excluding hydrogens is 518 g/mol. The predicted molar refractivity (Wildman–Crippen MR) is 145 cm³/mol. The van der Waals surface area contributed by atoms with Crippen LogP contribution in [0.2, 0.25) is 0 Å². The molecule has 0 fully saturated rings. The van der Waals surface area contributed by atoms with Gasteiger partial charge in [0.1, 0.15) is 19.3 Å². The van der Waals surface area contributed by atoms with Crippen LogP contribution in [0, 0.1) is 0 Å². The summed E-state index contributed by atoms with van der Waals surface area (Å²) in [5.41, 5.74) is 7.29. The highest BCUT2D eigenvalue weighted by Gasteiger charge is 2.19. The number of anilines is 1. The van der Waals surface area contributed by atoms with Gasteiger partial charge in [-0.25, -0.2) is 19.4 Å². The number of rotatable bonds is 9. The van der Waals surface area contributed by atoms with Crippen molar-refractivity contribution in [3.8, 4) is 0 Å². The standard InChI is InChI=1S/C28H27N5O7/c1-17(30-27(36)38-15-18-8-4-2-5-9-18)24(34)31-20-12-13-21-22(14-20)32-25(40-26(21)35)23(29)33-28(37)39-16-19-10-6-3-7-11-19/h2-14,17,23H,15-16,29H2,1H3,(H,30,36)(H,31,34)(H,33,37). The average Bonchev–Trinajstić information content (AvgIpc) is 2.95. The largest absolute Gasteiger partial charge is 0.445 e. The lowest BCUT2D eigenvalue weighted by Crippen LogP contribution is -2.41. The molecule has 12 heteroatoms. The fourth-order valence-corrected chi connectivity index (χ4v) is 3.51. The molecule has 4 aromatic rings. The van der Waals surface area contributed by atoms with E-state index in [9.17, 15) is 19.2 Å². The van der Waals surface area contributed by atoms with E-state index in [0.29, 0.717) is 5.69 Å². The van der Waals surface area contributed by atoms with Crippen molar-refractivity contribution >= 4 is 34.7 Å². The Morgan fingerprint density at radius 2 is 1.45 bits per heavy atom. The average molecular weight is 546 g/mol. The zero-order valence-corrected chi connectivity index (χ0v) is 21.5. The molecule has 40 heavy (non-hydrogen) atoms. The third kappa shape index (κ3) is 7.65. The predicted octanol–water partition coefficient (Wildman–Crippen LogP) is 3.33. The first-order valence-electron chi connectivity index (χ1n) is 12.2. The van der Waals surface area contributed by atoms with Crippen molar-refractivity contribution in [2.24, 2.45) is 5.73 Å². The topological polar surface area (TPSA) is 175 Å². The maximum Gasteiger partial charge on any atom is 0.409 e. The van der Waals surface area contributed by atoms with Crippen molar-refractivity contribution in [1.29, 1.82) is 0 Å². The van der Waals surface area contributed by atoms with Gasteiger partial charge in [-0.15, -0.1) is 0 Å². The molecule has 12 nitrogen and oxygen atoms in total. The maximum atomic E-state index is 12.6. The molecule has 0 aliphatic rings. The maximum absolute atomic E-state index is 12.6. The minimum Gasteiger partial charge on any atom is -0.445 e. The molecule has 1 aromatic heterocycles. The molecule has 206 valence electrons. The van der Waals surface area contributed by atoms with E-state index in [-0.39, 0.29) is 30.0 Å². The first-order chi connectivity index (χ1) is 19.3. The van der Waals surface area contributed by atoms with Crippen LogP contribution in [0.5, 0.6) is 0 Å². The summed E-state index contributed by atoms with van der Waals surface area (Å²) in [7, 11) is 0. The van der Waals surface area contributed by atoms with E-state index in [4.69, 9.17) is 19.6 Å². The molecule has 3 amide bonds. The summed E-state index contributed by atoms with van der Waals surface area (Å²) in [6.45, 7) is 1.58. The van der Waals surface area contributed by atoms with Crippen molar-refractivity contribution in [1.82, 2.24) is 15.6 Å². The van der Waals surface area contributed by atoms with Crippen LogP contribution in [0.4, 0.5) is 15.3 Å². The zero-order valence-electron chi connectivity index (χ0n) is 21.5. The molecule has 0 saturated carbocycles. The van der Waals surface area contributed by atoms with Gasteiger partial charge in [0.25, 0.3) is 0 Å². The van der Waals surface area contributed by atoms with Crippen LogP contribution in [0.3, 0.4) is 0 Å². The van der Waals surface area contributed by atoms with Crippen molar-refractivity contribution in [2.75, 3.05) is 5.32 Å². The SMILES string of the molecule is CC(NC(=O)OCc1ccccc1)C(=O)Nc1ccc2c(=O)oc(C(N)NC(=O)OCc3ccccc3)nc2c1. The van der Waals surface area contributed by atoms with Crippen LogP contribution in [-0.4, -0.2) is 29.1 Å². The highest BCUT2D eigenvalue weighted by Crippen LogP contribution is 2.17. The molecule has 0 radical (unpaired) electrons.